The van der Waals surface area contributed by atoms with Gasteiger partial charge in [-0.15, -0.1) is 0 Å². The van der Waals surface area contributed by atoms with E-state index in [1.54, 1.807) is 14.1 Å². The van der Waals surface area contributed by atoms with Gasteiger partial charge in [-0.2, -0.15) is 0 Å². The summed E-state index contributed by atoms with van der Waals surface area (Å²) in [7, 11) is 3.29. The van der Waals surface area contributed by atoms with E-state index in [1.807, 2.05) is 0 Å². The van der Waals surface area contributed by atoms with E-state index < -0.39 is 5.91 Å². The summed E-state index contributed by atoms with van der Waals surface area (Å²) in [6, 6.07) is 1.28. The largest absolute Gasteiger partial charge is 0.367 e. The number of hydrogen-bond acceptors (Lipinski definition) is 3. The number of pyridine rings is 1. The molecule has 0 aliphatic rings. The molecule has 0 radical (unpaired) electrons. The molecule has 92 valence electrons. The zero-order valence-electron chi connectivity index (χ0n) is 9.82. The van der Waals surface area contributed by atoms with Gasteiger partial charge < -0.3 is 15.2 Å². The lowest BCUT2D eigenvalue weighted by molar-refractivity contribution is -0.128. The van der Waals surface area contributed by atoms with Gasteiger partial charge in [0.15, 0.2) is 5.43 Å². The average Bonchev–Trinajstić information content (AvgIpc) is 2.29. The standard InChI is InChI=1S/C11H15N3O3/c1-14(2)10(16)4-6-13-11(17)8-7-12-5-3-9(8)15/h3,5,7H,4,6H2,1-2H3,(H,12,15)(H,13,17). The van der Waals surface area contributed by atoms with Gasteiger partial charge in [0.05, 0.1) is 0 Å². The van der Waals surface area contributed by atoms with Crippen LogP contribution in [0.5, 0.6) is 0 Å². The molecule has 17 heavy (non-hydrogen) atoms. The van der Waals surface area contributed by atoms with Crippen LogP contribution in [0.2, 0.25) is 0 Å². The molecule has 1 aromatic heterocycles. The maximum atomic E-state index is 11.6. The first kappa shape index (κ1) is 13.0. The maximum Gasteiger partial charge on any atom is 0.256 e. The molecule has 1 rings (SSSR count). The van der Waals surface area contributed by atoms with Gasteiger partial charge in [-0.3, -0.25) is 14.4 Å². The number of nitrogens with zero attached hydrogens (tertiary/aromatic N) is 1. The molecule has 0 aromatic carbocycles. The molecule has 1 heterocycles. The van der Waals surface area contributed by atoms with Gasteiger partial charge in [0, 0.05) is 45.5 Å². The number of amides is 2. The van der Waals surface area contributed by atoms with Crippen molar-refractivity contribution in [2.75, 3.05) is 20.6 Å². The van der Waals surface area contributed by atoms with E-state index in [0.717, 1.165) is 0 Å². The van der Waals surface area contributed by atoms with Crippen molar-refractivity contribution in [2.24, 2.45) is 0 Å². The Hall–Kier alpha value is -2.11. The van der Waals surface area contributed by atoms with Crippen LogP contribution in [0.3, 0.4) is 0 Å². The minimum Gasteiger partial charge on any atom is -0.367 e. The van der Waals surface area contributed by atoms with Gasteiger partial charge in [0.1, 0.15) is 5.56 Å². The lowest BCUT2D eigenvalue weighted by Crippen LogP contribution is -2.32. The van der Waals surface area contributed by atoms with Gasteiger partial charge in [0.25, 0.3) is 5.91 Å². The predicted molar refractivity (Wildman–Crippen MR) is 62.7 cm³/mol. The Morgan fingerprint density at radius 1 is 1.41 bits per heavy atom. The number of hydrogen-bond donors (Lipinski definition) is 2. The summed E-state index contributed by atoms with van der Waals surface area (Å²) in [6.07, 6.45) is 3.00. The number of H-pyrrole nitrogens is 1. The second kappa shape index (κ2) is 5.83. The Bertz CT molecular complexity index is 465. The van der Waals surface area contributed by atoms with Crippen LogP contribution in [-0.4, -0.2) is 42.3 Å². The van der Waals surface area contributed by atoms with E-state index in [9.17, 15) is 14.4 Å². The van der Waals surface area contributed by atoms with Crippen molar-refractivity contribution in [3.63, 3.8) is 0 Å². The summed E-state index contributed by atoms with van der Waals surface area (Å²) in [5, 5.41) is 2.52. The average molecular weight is 237 g/mol. The van der Waals surface area contributed by atoms with Crippen LogP contribution in [0.4, 0.5) is 0 Å². The summed E-state index contributed by atoms with van der Waals surface area (Å²) in [5.41, 5.74) is -0.301. The number of rotatable bonds is 4. The normalized spacial score (nSPS) is 9.76. The third-order valence-corrected chi connectivity index (χ3v) is 2.19. The number of carbonyl (C=O) groups is 2. The van der Waals surface area contributed by atoms with E-state index in [-0.39, 0.29) is 29.9 Å². The van der Waals surface area contributed by atoms with Crippen molar-refractivity contribution >= 4 is 11.8 Å². The van der Waals surface area contributed by atoms with Crippen LogP contribution in [0, 0.1) is 0 Å². The van der Waals surface area contributed by atoms with Crippen LogP contribution in [0.1, 0.15) is 16.8 Å². The van der Waals surface area contributed by atoms with Crippen molar-refractivity contribution in [1.29, 1.82) is 0 Å². The van der Waals surface area contributed by atoms with Crippen molar-refractivity contribution < 1.29 is 9.59 Å². The lowest BCUT2D eigenvalue weighted by atomic mass is 10.2. The first-order valence-electron chi connectivity index (χ1n) is 5.18. The van der Waals surface area contributed by atoms with Gasteiger partial charge in [0.2, 0.25) is 5.91 Å². The van der Waals surface area contributed by atoms with Gasteiger partial charge in [-0.1, -0.05) is 0 Å². The highest BCUT2D eigenvalue weighted by Crippen LogP contribution is 1.89. The van der Waals surface area contributed by atoms with Crippen molar-refractivity contribution in [2.45, 2.75) is 6.42 Å². The molecule has 0 saturated carbocycles. The van der Waals surface area contributed by atoms with Crippen molar-refractivity contribution in [3.8, 4) is 0 Å². The van der Waals surface area contributed by atoms with Crippen LogP contribution in [0.25, 0.3) is 0 Å². The Balaban J connectivity index is 2.49. The number of aromatic amines is 1. The highest BCUT2D eigenvalue weighted by atomic mass is 16.2. The first-order valence-corrected chi connectivity index (χ1v) is 5.18. The molecule has 0 fully saturated rings. The van der Waals surface area contributed by atoms with Crippen LogP contribution in [-0.2, 0) is 4.79 Å². The Morgan fingerprint density at radius 2 is 2.12 bits per heavy atom. The molecule has 0 aliphatic heterocycles. The fourth-order valence-electron chi connectivity index (χ4n) is 1.20. The van der Waals surface area contributed by atoms with Gasteiger partial charge >= 0.3 is 0 Å². The van der Waals surface area contributed by atoms with Crippen LogP contribution in [0.15, 0.2) is 23.3 Å². The molecular formula is C11H15N3O3. The van der Waals surface area contributed by atoms with Crippen LogP contribution < -0.4 is 10.7 Å². The molecule has 0 atom stereocenters. The van der Waals surface area contributed by atoms with Crippen molar-refractivity contribution in [3.05, 3.63) is 34.2 Å². The molecule has 1 aromatic rings. The zero-order chi connectivity index (χ0) is 12.8. The number of aromatic nitrogens is 1. The fraction of sp³-hybridized carbons (Fsp3) is 0.364. The zero-order valence-corrected chi connectivity index (χ0v) is 9.82. The lowest BCUT2D eigenvalue weighted by Gasteiger charge is -2.10. The minimum atomic E-state index is -0.474. The molecule has 0 bridgehead atoms. The third-order valence-electron chi connectivity index (χ3n) is 2.19. The topological polar surface area (TPSA) is 82.3 Å². The molecule has 6 nitrogen and oxygen atoms in total. The first-order chi connectivity index (χ1) is 8.02. The van der Waals surface area contributed by atoms with Gasteiger partial charge in [-0.05, 0) is 0 Å². The molecular weight excluding hydrogens is 222 g/mol. The monoisotopic (exact) mass is 237 g/mol. The molecule has 6 heteroatoms. The summed E-state index contributed by atoms with van der Waals surface area (Å²) >= 11 is 0. The molecule has 0 saturated heterocycles. The molecule has 0 aliphatic carbocycles. The number of nitrogens with one attached hydrogen (secondary N) is 2. The summed E-state index contributed by atoms with van der Waals surface area (Å²) in [6.45, 7) is 0.212. The van der Waals surface area contributed by atoms with E-state index in [2.05, 4.69) is 10.3 Å². The molecule has 0 spiro atoms. The van der Waals surface area contributed by atoms with Crippen molar-refractivity contribution in [1.82, 2.24) is 15.2 Å². The van der Waals surface area contributed by atoms with E-state index in [0.29, 0.717) is 0 Å². The predicted octanol–water partition coefficient (Wildman–Crippen LogP) is -0.417. The highest BCUT2D eigenvalue weighted by Gasteiger charge is 2.10. The van der Waals surface area contributed by atoms with E-state index >= 15 is 0 Å². The quantitative estimate of drug-likeness (QED) is 0.746. The molecule has 2 N–H and O–H groups in total. The van der Waals surface area contributed by atoms with Crippen LogP contribution >= 0.6 is 0 Å². The smallest absolute Gasteiger partial charge is 0.256 e. The Morgan fingerprint density at radius 3 is 2.71 bits per heavy atom. The highest BCUT2D eigenvalue weighted by molar-refractivity contribution is 5.93. The summed E-state index contributed by atoms with van der Waals surface area (Å²) in [5.74, 6) is -0.550. The third kappa shape index (κ3) is 3.75. The fourth-order valence-corrected chi connectivity index (χ4v) is 1.20. The molecule has 2 amide bonds. The van der Waals surface area contributed by atoms with Gasteiger partial charge in [-0.25, -0.2) is 0 Å². The summed E-state index contributed by atoms with van der Waals surface area (Å²) in [4.78, 5) is 38.2. The summed E-state index contributed by atoms with van der Waals surface area (Å²) < 4.78 is 0. The molecule has 0 unspecified atom stereocenters. The van der Waals surface area contributed by atoms with E-state index in [4.69, 9.17) is 0 Å². The number of carbonyl (C=O) groups excluding carboxylic acids is 2. The SMILES string of the molecule is CN(C)C(=O)CCNC(=O)c1c[nH]ccc1=O. The Kier molecular flexibility index (Phi) is 4.45. The Labute approximate surface area is 98.6 Å². The van der Waals surface area contributed by atoms with E-state index in [1.165, 1.54) is 23.4 Å². The second-order valence-corrected chi connectivity index (χ2v) is 3.72. The maximum absolute atomic E-state index is 11.6. The minimum absolute atomic E-state index is 0.0461. The second-order valence-electron chi connectivity index (χ2n) is 3.72.